The van der Waals surface area contributed by atoms with Gasteiger partial charge in [0, 0.05) is 30.4 Å². The van der Waals surface area contributed by atoms with Gasteiger partial charge in [-0.05, 0) is 43.3 Å². The minimum Gasteiger partial charge on any atom is -0.450 e. The van der Waals surface area contributed by atoms with E-state index >= 15 is 0 Å². The van der Waals surface area contributed by atoms with E-state index in [9.17, 15) is 14.4 Å². The summed E-state index contributed by atoms with van der Waals surface area (Å²) in [6.07, 6.45) is 0.825. The summed E-state index contributed by atoms with van der Waals surface area (Å²) in [6.45, 7) is 5.14. The molecule has 1 amide bonds. The fourth-order valence-corrected chi connectivity index (χ4v) is 2.19. The van der Waals surface area contributed by atoms with E-state index < -0.39 is 12.1 Å². The normalized spacial score (nSPS) is 11.9. The first kappa shape index (κ1) is 18.4. The Hall–Kier alpha value is -2.89. The molecule has 0 fully saturated rings. The van der Waals surface area contributed by atoms with Crippen molar-refractivity contribution in [2.75, 3.05) is 5.32 Å². The van der Waals surface area contributed by atoms with E-state index in [0.29, 0.717) is 16.9 Å². The quantitative estimate of drug-likeness (QED) is 0.646. The zero-order valence-corrected chi connectivity index (χ0v) is 14.8. The number of carbonyl (C=O) groups is 3. The summed E-state index contributed by atoms with van der Waals surface area (Å²) in [7, 11) is 1.73. The van der Waals surface area contributed by atoms with E-state index in [1.165, 1.54) is 6.92 Å². The van der Waals surface area contributed by atoms with Crippen LogP contribution in [0.15, 0.2) is 42.6 Å². The van der Waals surface area contributed by atoms with Gasteiger partial charge in [0.25, 0.3) is 0 Å². The number of benzene rings is 1. The van der Waals surface area contributed by atoms with Crippen LogP contribution in [0.5, 0.6) is 0 Å². The third kappa shape index (κ3) is 4.56. The molecule has 0 aliphatic carbocycles. The van der Waals surface area contributed by atoms with Gasteiger partial charge in [-0.2, -0.15) is 0 Å². The van der Waals surface area contributed by atoms with Gasteiger partial charge < -0.3 is 14.6 Å². The molecule has 0 aliphatic heterocycles. The van der Waals surface area contributed by atoms with Crippen LogP contribution in [-0.2, 0) is 16.6 Å². The molecular weight excluding hydrogens is 320 g/mol. The molecule has 1 aromatic heterocycles. The number of nitrogens with one attached hydrogen (secondary N) is 1. The Labute approximate surface area is 146 Å². The highest BCUT2D eigenvalue weighted by molar-refractivity contribution is 6.01. The molecule has 6 heteroatoms. The van der Waals surface area contributed by atoms with E-state index in [0.717, 1.165) is 0 Å². The van der Waals surface area contributed by atoms with Gasteiger partial charge in [0.05, 0.1) is 0 Å². The van der Waals surface area contributed by atoms with Gasteiger partial charge in [0.15, 0.2) is 6.10 Å². The first-order chi connectivity index (χ1) is 11.8. The summed E-state index contributed by atoms with van der Waals surface area (Å²) in [4.78, 5) is 36.1. The standard InChI is InChI=1S/C19H22N2O4/c1-12(2)18(23)20-15-9-7-14(8-10-15)17(22)13(3)25-19(24)16-6-5-11-21(16)4/h5-13H,1-4H3,(H,20,23)/t13-/m1/s1. The fourth-order valence-electron chi connectivity index (χ4n) is 2.19. The third-order valence-electron chi connectivity index (χ3n) is 3.77. The van der Waals surface area contributed by atoms with Crippen LogP contribution in [0.1, 0.15) is 41.6 Å². The monoisotopic (exact) mass is 342 g/mol. The molecule has 1 heterocycles. The van der Waals surface area contributed by atoms with Crippen molar-refractivity contribution >= 4 is 23.3 Å². The predicted molar refractivity (Wildman–Crippen MR) is 94.5 cm³/mol. The maximum atomic E-state index is 12.4. The lowest BCUT2D eigenvalue weighted by Crippen LogP contribution is -2.25. The van der Waals surface area contributed by atoms with E-state index in [2.05, 4.69) is 5.32 Å². The van der Waals surface area contributed by atoms with Crippen molar-refractivity contribution < 1.29 is 19.1 Å². The van der Waals surface area contributed by atoms with Crippen LogP contribution >= 0.6 is 0 Å². The molecule has 0 unspecified atom stereocenters. The van der Waals surface area contributed by atoms with Crippen molar-refractivity contribution in [3.05, 3.63) is 53.9 Å². The topological polar surface area (TPSA) is 77.4 Å². The Balaban J connectivity index is 2.01. The molecule has 0 radical (unpaired) electrons. The minimum absolute atomic E-state index is 0.0936. The van der Waals surface area contributed by atoms with Crippen molar-refractivity contribution in [1.29, 1.82) is 0 Å². The number of ether oxygens (including phenoxy) is 1. The third-order valence-corrected chi connectivity index (χ3v) is 3.77. The Kier molecular flexibility index (Phi) is 5.75. The smallest absolute Gasteiger partial charge is 0.355 e. The number of ketones is 1. The van der Waals surface area contributed by atoms with Crippen molar-refractivity contribution in [2.24, 2.45) is 13.0 Å². The van der Waals surface area contributed by atoms with Crippen LogP contribution in [0.4, 0.5) is 5.69 Å². The molecule has 2 rings (SSSR count). The summed E-state index contributed by atoms with van der Waals surface area (Å²) in [5.41, 5.74) is 1.41. The molecule has 0 aliphatic rings. The second kappa shape index (κ2) is 7.79. The number of carbonyl (C=O) groups excluding carboxylic acids is 3. The summed E-state index contributed by atoms with van der Waals surface area (Å²) in [6, 6.07) is 9.87. The first-order valence-corrected chi connectivity index (χ1v) is 8.07. The maximum Gasteiger partial charge on any atom is 0.355 e. The molecule has 25 heavy (non-hydrogen) atoms. The van der Waals surface area contributed by atoms with Gasteiger partial charge in [-0.25, -0.2) is 4.79 Å². The number of esters is 1. The molecule has 1 atom stereocenters. The number of amides is 1. The second-order valence-electron chi connectivity index (χ2n) is 6.14. The molecule has 1 aromatic carbocycles. The van der Waals surface area contributed by atoms with Gasteiger partial charge >= 0.3 is 5.97 Å². The SMILES string of the molecule is CC(C)C(=O)Nc1ccc(C(=O)[C@@H](C)OC(=O)c2cccn2C)cc1. The lowest BCUT2D eigenvalue weighted by molar-refractivity contribution is -0.118. The van der Waals surface area contributed by atoms with Gasteiger partial charge in [-0.3, -0.25) is 9.59 Å². The van der Waals surface area contributed by atoms with Crippen LogP contribution in [0.2, 0.25) is 0 Å². The molecule has 2 aromatic rings. The molecule has 0 spiro atoms. The van der Waals surface area contributed by atoms with E-state index in [4.69, 9.17) is 4.74 Å². The number of Topliss-reactive ketones (excluding diaryl/α,β-unsaturated/α-hetero) is 1. The number of hydrogen-bond donors (Lipinski definition) is 1. The number of hydrogen-bond acceptors (Lipinski definition) is 4. The minimum atomic E-state index is -0.904. The molecule has 1 N–H and O–H groups in total. The number of rotatable bonds is 6. The number of aryl methyl sites for hydroxylation is 1. The summed E-state index contributed by atoms with van der Waals surface area (Å²) < 4.78 is 6.87. The zero-order valence-electron chi connectivity index (χ0n) is 14.8. The largest absolute Gasteiger partial charge is 0.450 e. The van der Waals surface area contributed by atoms with Gasteiger partial charge in [-0.1, -0.05) is 13.8 Å². The predicted octanol–water partition coefficient (Wildman–Crippen LogP) is 3.05. The Morgan fingerprint density at radius 2 is 1.68 bits per heavy atom. The van der Waals surface area contributed by atoms with Crippen molar-refractivity contribution in [3.8, 4) is 0 Å². The van der Waals surface area contributed by atoms with E-state index in [1.807, 2.05) is 0 Å². The maximum absolute atomic E-state index is 12.4. The Bertz CT molecular complexity index is 775. The molecular formula is C19H22N2O4. The van der Waals surface area contributed by atoms with Crippen molar-refractivity contribution in [1.82, 2.24) is 4.57 Å². The van der Waals surface area contributed by atoms with Gasteiger partial charge in [-0.15, -0.1) is 0 Å². The number of aromatic nitrogens is 1. The van der Waals surface area contributed by atoms with Gasteiger partial charge in [0.2, 0.25) is 11.7 Å². The summed E-state index contributed by atoms with van der Waals surface area (Å²) in [5, 5.41) is 2.76. The van der Waals surface area contributed by atoms with Crippen LogP contribution in [0, 0.1) is 5.92 Å². The van der Waals surface area contributed by atoms with Crippen molar-refractivity contribution in [2.45, 2.75) is 26.9 Å². The Morgan fingerprint density at radius 1 is 1.04 bits per heavy atom. The summed E-state index contributed by atoms with van der Waals surface area (Å²) >= 11 is 0. The van der Waals surface area contributed by atoms with Crippen molar-refractivity contribution in [3.63, 3.8) is 0 Å². The average Bonchev–Trinajstić information content (AvgIpc) is 3.00. The molecule has 0 saturated heterocycles. The van der Waals surface area contributed by atoms with E-state index in [1.54, 1.807) is 68.1 Å². The highest BCUT2D eigenvalue weighted by atomic mass is 16.5. The number of anilines is 1. The molecule has 0 bridgehead atoms. The van der Waals surface area contributed by atoms with Crippen LogP contribution in [0.25, 0.3) is 0 Å². The lowest BCUT2D eigenvalue weighted by Gasteiger charge is -2.13. The highest BCUT2D eigenvalue weighted by Gasteiger charge is 2.21. The first-order valence-electron chi connectivity index (χ1n) is 8.07. The molecule has 0 saturated carbocycles. The Morgan fingerprint density at radius 3 is 2.20 bits per heavy atom. The second-order valence-corrected chi connectivity index (χ2v) is 6.14. The van der Waals surface area contributed by atoms with Crippen LogP contribution in [0.3, 0.4) is 0 Å². The zero-order chi connectivity index (χ0) is 18.6. The van der Waals surface area contributed by atoms with Crippen LogP contribution in [-0.4, -0.2) is 28.3 Å². The lowest BCUT2D eigenvalue weighted by atomic mass is 10.1. The molecule has 132 valence electrons. The highest BCUT2D eigenvalue weighted by Crippen LogP contribution is 2.14. The average molecular weight is 342 g/mol. The van der Waals surface area contributed by atoms with E-state index in [-0.39, 0.29) is 17.6 Å². The van der Waals surface area contributed by atoms with Gasteiger partial charge in [0.1, 0.15) is 5.69 Å². The molecule has 6 nitrogen and oxygen atoms in total. The summed E-state index contributed by atoms with van der Waals surface area (Å²) in [5.74, 6) is -1.07. The fraction of sp³-hybridized carbons (Fsp3) is 0.316. The number of nitrogens with zero attached hydrogens (tertiary/aromatic N) is 1. The van der Waals surface area contributed by atoms with Crippen LogP contribution < -0.4 is 5.32 Å².